The van der Waals surface area contributed by atoms with Gasteiger partial charge >= 0.3 is 0 Å². The first-order valence-electron chi connectivity index (χ1n) is 6.45. The summed E-state index contributed by atoms with van der Waals surface area (Å²) in [5.41, 5.74) is 2.72. The number of rotatable bonds is 5. The lowest BCUT2D eigenvalue weighted by molar-refractivity contribution is 0.460. The lowest BCUT2D eigenvalue weighted by atomic mass is 10.1. The van der Waals surface area contributed by atoms with E-state index in [1.807, 2.05) is 30.3 Å². The van der Waals surface area contributed by atoms with E-state index >= 15 is 0 Å². The maximum Gasteiger partial charge on any atom is 0.216 e. The van der Waals surface area contributed by atoms with Crippen LogP contribution in [0.15, 0.2) is 36.5 Å². The third kappa shape index (κ3) is 2.91. The lowest BCUT2D eigenvalue weighted by Gasteiger charge is -2.19. The fourth-order valence-electron chi connectivity index (χ4n) is 1.98. The molecule has 1 N–H and O–H groups in total. The number of aromatic nitrogens is 2. The Balaban J connectivity index is 2.27. The number of hydrogen-bond acceptors (Lipinski definition) is 3. The zero-order valence-corrected chi connectivity index (χ0v) is 12.7. The second-order valence-electron chi connectivity index (χ2n) is 4.99. The van der Waals surface area contributed by atoms with Gasteiger partial charge in [-0.2, -0.15) is 5.10 Å². The van der Waals surface area contributed by atoms with Gasteiger partial charge in [0.2, 0.25) is 10.0 Å². The van der Waals surface area contributed by atoms with Crippen molar-refractivity contribution >= 4 is 10.0 Å². The summed E-state index contributed by atoms with van der Waals surface area (Å²) in [6.45, 7) is 3.67. The van der Waals surface area contributed by atoms with Crippen LogP contribution in [0.1, 0.15) is 19.4 Å². The Kier molecular flexibility index (Phi) is 4.25. The molecule has 0 saturated heterocycles. The fourth-order valence-corrected chi connectivity index (χ4v) is 3.01. The summed E-state index contributed by atoms with van der Waals surface area (Å²) >= 11 is 0. The minimum Gasteiger partial charge on any atom is -0.278 e. The van der Waals surface area contributed by atoms with E-state index < -0.39 is 15.3 Å². The Morgan fingerprint density at radius 1 is 1.25 bits per heavy atom. The maximum atomic E-state index is 12.1. The van der Waals surface area contributed by atoms with E-state index in [1.165, 1.54) is 4.31 Å². The molecule has 0 unspecified atom stereocenters. The average molecular weight is 293 g/mol. The Hall–Kier alpha value is -1.66. The van der Waals surface area contributed by atoms with Crippen LogP contribution in [0.5, 0.6) is 0 Å². The van der Waals surface area contributed by atoms with Crippen molar-refractivity contribution in [2.45, 2.75) is 25.6 Å². The number of aromatic amines is 1. The highest BCUT2D eigenvalue weighted by molar-refractivity contribution is 7.89. The van der Waals surface area contributed by atoms with Crippen molar-refractivity contribution in [2.24, 2.45) is 0 Å². The summed E-state index contributed by atoms with van der Waals surface area (Å²) < 4.78 is 25.6. The molecule has 0 radical (unpaired) electrons. The van der Waals surface area contributed by atoms with Crippen LogP contribution in [0, 0.1) is 0 Å². The number of nitrogens with zero attached hydrogens (tertiary/aromatic N) is 2. The van der Waals surface area contributed by atoms with E-state index in [1.54, 1.807) is 27.1 Å². The Labute approximate surface area is 119 Å². The quantitative estimate of drug-likeness (QED) is 0.919. The van der Waals surface area contributed by atoms with Gasteiger partial charge in [0.15, 0.2) is 0 Å². The molecule has 0 aliphatic carbocycles. The number of nitrogens with one attached hydrogen (secondary N) is 1. The fraction of sp³-hybridized carbons (Fsp3) is 0.357. The highest BCUT2D eigenvalue weighted by Crippen LogP contribution is 2.22. The van der Waals surface area contributed by atoms with Crippen LogP contribution in [0.2, 0.25) is 0 Å². The average Bonchev–Trinajstić information content (AvgIpc) is 2.87. The van der Waals surface area contributed by atoms with Gasteiger partial charge in [-0.05, 0) is 19.4 Å². The Morgan fingerprint density at radius 2 is 1.90 bits per heavy atom. The van der Waals surface area contributed by atoms with Crippen molar-refractivity contribution in [1.29, 1.82) is 0 Å². The molecule has 20 heavy (non-hydrogen) atoms. The maximum absolute atomic E-state index is 12.1. The molecule has 0 bridgehead atoms. The molecule has 1 aromatic heterocycles. The Morgan fingerprint density at radius 3 is 2.50 bits per heavy atom. The van der Waals surface area contributed by atoms with Crippen molar-refractivity contribution in [3.05, 3.63) is 42.1 Å². The number of benzene rings is 1. The van der Waals surface area contributed by atoms with E-state index in [4.69, 9.17) is 0 Å². The highest BCUT2D eigenvalue weighted by Gasteiger charge is 2.23. The SMILES string of the molecule is CC(C)S(=O)(=O)N(C)Cc1cn[nH]c1-c1ccccc1. The Bertz CT molecular complexity index is 663. The molecule has 0 aliphatic heterocycles. The minimum atomic E-state index is -3.26. The van der Waals surface area contributed by atoms with Crippen molar-refractivity contribution in [2.75, 3.05) is 7.05 Å². The van der Waals surface area contributed by atoms with Gasteiger partial charge in [-0.15, -0.1) is 0 Å². The second kappa shape index (κ2) is 5.76. The molecule has 0 aliphatic rings. The predicted molar refractivity (Wildman–Crippen MR) is 79.5 cm³/mol. The van der Waals surface area contributed by atoms with Gasteiger partial charge in [0.05, 0.1) is 17.1 Å². The van der Waals surface area contributed by atoms with Gasteiger partial charge in [0, 0.05) is 19.2 Å². The monoisotopic (exact) mass is 293 g/mol. The largest absolute Gasteiger partial charge is 0.278 e. The van der Waals surface area contributed by atoms with E-state index in [0.717, 1.165) is 16.8 Å². The predicted octanol–water partition coefficient (Wildman–Crippen LogP) is 2.25. The van der Waals surface area contributed by atoms with Crippen LogP contribution in [0.25, 0.3) is 11.3 Å². The van der Waals surface area contributed by atoms with Gasteiger partial charge < -0.3 is 0 Å². The van der Waals surface area contributed by atoms with Crippen LogP contribution in [0.4, 0.5) is 0 Å². The molecule has 108 valence electrons. The van der Waals surface area contributed by atoms with Gasteiger partial charge in [0.1, 0.15) is 0 Å². The summed E-state index contributed by atoms with van der Waals surface area (Å²) in [5.74, 6) is 0. The van der Waals surface area contributed by atoms with Gasteiger partial charge in [-0.1, -0.05) is 30.3 Å². The third-order valence-electron chi connectivity index (χ3n) is 3.20. The van der Waals surface area contributed by atoms with Crippen molar-refractivity contribution in [3.8, 4) is 11.3 Å². The second-order valence-corrected chi connectivity index (χ2v) is 7.58. The van der Waals surface area contributed by atoms with E-state index in [2.05, 4.69) is 10.2 Å². The molecule has 0 amide bonds. The van der Waals surface area contributed by atoms with Crippen LogP contribution in [-0.2, 0) is 16.6 Å². The third-order valence-corrected chi connectivity index (χ3v) is 5.39. The summed E-state index contributed by atoms with van der Waals surface area (Å²) in [4.78, 5) is 0. The molecule has 1 aromatic carbocycles. The van der Waals surface area contributed by atoms with Crippen LogP contribution in [0.3, 0.4) is 0 Å². The highest BCUT2D eigenvalue weighted by atomic mass is 32.2. The first-order valence-corrected chi connectivity index (χ1v) is 7.96. The molecule has 6 heteroatoms. The standard InChI is InChI=1S/C14H19N3O2S/c1-11(2)20(18,19)17(3)10-13-9-15-16-14(13)12-7-5-4-6-8-12/h4-9,11H,10H2,1-3H3,(H,15,16). The summed E-state index contributed by atoms with van der Waals surface area (Å²) in [6.07, 6.45) is 1.68. The minimum absolute atomic E-state index is 0.307. The molecule has 5 nitrogen and oxygen atoms in total. The summed E-state index contributed by atoms with van der Waals surface area (Å²) in [5, 5.41) is 6.54. The summed E-state index contributed by atoms with van der Waals surface area (Å²) in [7, 11) is -1.67. The number of H-pyrrole nitrogens is 1. The molecule has 0 fully saturated rings. The lowest BCUT2D eigenvalue weighted by Crippen LogP contribution is -2.32. The first kappa shape index (κ1) is 14.7. The van der Waals surface area contributed by atoms with Gasteiger partial charge in [-0.3, -0.25) is 5.10 Å². The first-order chi connectivity index (χ1) is 9.43. The van der Waals surface area contributed by atoms with Crippen LogP contribution >= 0.6 is 0 Å². The molecule has 0 saturated carbocycles. The van der Waals surface area contributed by atoms with E-state index in [-0.39, 0.29) is 0 Å². The topological polar surface area (TPSA) is 66.1 Å². The molecule has 0 atom stereocenters. The zero-order chi connectivity index (χ0) is 14.8. The molecule has 2 rings (SSSR count). The smallest absolute Gasteiger partial charge is 0.216 e. The van der Waals surface area contributed by atoms with Crippen LogP contribution < -0.4 is 0 Å². The van der Waals surface area contributed by atoms with Crippen molar-refractivity contribution in [1.82, 2.24) is 14.5 Å². The molecule has 1 heterocycles. The van der Waals surface area contributed by atoms with Gasteiger partial charge in [0.25, 0.3) is 0 Å². The molecular formula is C14H19N3O2S. The van der Waals surface area contributed by atoms with E-state index in [0.29, 0.717) is 6.54 Å². The molecule has 0 spiro atoms. The molecular weight excluding hydrogens is 274 g/mol. The van der Waals surface area contributed by atoms with Gasteiger partial charge in [-0.25, -0.2) is 12.7 Å². The molecule has 2 aromatic rings. The summed E-state index contributed by atoms with van der Waals surface area (Å²) in [6, 6.07) is 9.75. The number of hydrogen-bond donors (Lipinski definition) is 1. The normalized spacial score (nSPS) is 12.2. The zero-order valence-electron chi connectivity index (χ0n) is 11.9. The van der Waals surface area contributed by atoms with E-state index in [9.17, 15) is 8.42 Å². The van der Waals surface area contributed by atoms with Crippen molar-refractivity contribution < 1.29 is 8.42 Å². The number of sulfonamides is 1. The van der Waals surface area contributed by atoms with Crippen molar-refractivity contribution in [3.63, 3.8) is 0 Å². The van der Waals surface area contributed by atoms with Crippen LogP contribution in [-0.4, -0.2) is 35.2 Å².